The van der Waals surface area contributed by atoms with Gasteiger partial charge >= 0.3 is 0 Å². The van der Waals surface area contributed by atoms with Crippen molar-refractivity contribution < 1.29 is 0 Å². The molecule has 1 heterocycles. The molecule has 0 atom stereocenters. The van der Waals surface area contributed by atoms with E-state index in [0.717, 1.165) is 27.6 Å². The lowest BCUT2D eigenvalue weighted by molar-refractivity contribution is 1.02. The van der Waals surface area contributed by atoms with Crippen LogP contribution in [0.3, 0.4) is 0 Å². The van der Waals surface area contributed by atoms with E-state index in [2.05, 4.69) is 49.5 Å². The van der Waals surface area contributed by atoms with E-state index in [-0.39, 0.29) is 0 Å². The number of anilines is 3. The molecule has 0 unspecified atom stereocenters. The summed E-state index contributed by atoms with van der Waals surface area (Å²) in [6.07, 6.45) is 2.47. The normalized spacial score (nSPS) is 14.2. The van der Waals surface area contributed by atoms with Crippen molar-refractivity contribution in [3.05, 3.63) is 40.1 Å². The van der Waals surface area contributed by atoms with Crippen molar-refractivity contribution in [3.63, 3.8) is 0 Å². The minimum atomic E-state index is 0.590. The third-order valence-electron chi connectivity index (χ3n) is 3.20. The van der Waals surface area contributed by atoms with Gasteiger partial charge in [0.15, 0.2) is 0 Å². The molecule has 0 spiro atoms. The third-order valence-corrected chi connectivity index (χ3v) is 4.09. The topological polar surface area (TPSA) is 49.8 Å². The Morgan fingerprint density at radius 3 is 2.55 bits per heavy atom. The average molecular weight is 333 g/mol. The predicted octanol–water partition coefficient (Wildman–Crippen LogP) is 4.17. The molecule has 104 valence electrons. The summed E-state index contributed by atoms with van der Waals surface area (Å²) in [7, 11) is 0. The number of nitrogens with one attached hydrogen (secondary N) is 2. The van der Waals surface area contributed by atoms with Gasteiger partial charge in [-0.25, -0.2) is 9.97 Å². The van der Waals surface area contributed by atoms with Crippen LogP contribution in [0.5, 0.6) is 0 Å². The second kappa shape index (κ2) is 5.40. The quantitative estimate of drug-likeness (QED) is 0.882. The van der Waals surface area contributed by atoms with E-state index in [9.17, 15) is 0 Å². The highest BCUT2D eigenvalue weighted by atomic mass is 79.9. The molecule has 1 saturated carbocycles. The maximum atomic E-state index is 4.43. The zero-order valence-electron chi connectivity index (χ0n) is 11.6. The van der Waals surface area contributed by atoms with Crippen LogP contribution in [0.4, 0.5) is 17.3 Å². The van der Waals surface area contributed by atoms with Crippen LogP contribution in [0, 0.1) is 13.8 Å². The van der Waals surface area contributed by atoms with Crippen LogP contribution in [0.1, 0.15) is 24.2 Å². The van der Waals surface area contributed by atoms with Crippen molar-refractivity contribution in [2.75, 3.05) is 10.6 Å². The molecule has 0 saturated heterocycles. The van der Waals surface area contributed by atoms with E-state index < -0.39 is 0 Å². The molecule has 20 heavy (non-hydrogen) atoms. The fraction of sp³-hybridized carbons (Fsp3) is 0.333. The van der Waals surface area contributed by atoms with Gasteiger partial charge in [-0.15, -0.1) is 0 Å². The fourth-order valence-electron chi connectivity index (χ4n) is 2.01. The summed E-state index contributed by atoms with van der Waals surface area (Å²) in [5.74, 6) is 2.49. The Morgan fingerprint density at radius 1 is 1.10 bits per heavy atom. The Labute approximate surface area is 127 Å². The van der Waals surface area contributed by atoms with Gasteiger partial charge in [-0.2, -0.15) is 0 Å². The smallest absolute Gasteiger partial charge is 0.136 e. The molecule has 2 aromatic rings. The molecule has 2 N–H and O–H groups in total. The lowest BCUT2D eigenvalue weighted by atomic mass is 10.2. The van der Waals surface area contributed by atoms with Crippen LogP contribution < -0.4 is 10.6 Å². The summed E-state index contributed by atoms with van der Waals surface area (Å²) in [6.45, 7) is 3.98. The summed E-state index contributed by atoms with van der Waals surface area (Å²) in [6, 6.07) is 8.71. The van der Waals surface area contributed by atoms with Gasteiger partial charge in [-0.3, -0.25) is 0 Å². The van der Waals surface area contributed by atoms with Crippen molar-refractivity contribution in [2.45, 2.75) is 32.7 Å². The monoisotopic (exact) mass is 332 g/mol. The van der Waals surface area contributed by atoms with Crippen molar-refractivity contribution >= 4 is 33.3 Å². The van der Waals surface area contributed by atoms with Crippen LogP contribution >= 0.6 is 15.9 Å². The number of benzene rings is 1. The number of halogens is 1. The van der Waals surface area contributed by atoms with E-state index in [1.165, 1.54) is 18.4 Å². The van der Waals surface area contributed by atoms with Gasteiger partial charge in [0.1, 0.15) is 17.5 Å². The van der Waals surface area contributed by atoms with Gasteiger partial charge in [0.05, 0.1) is 0 Å². The summed E-state index contributed by atoms with van der Waals surface area (Å²) in [5.41, 5.74) is 2.22. The van der Waals surface area contributed by atoms with Crippen LogP contribution in [-0.4, -0.2) is 16.0 Å². The average Bonchev–Trinajstić information content (AvgIpc) is 3.17. The molecule has 0 radical (unpaired) electrons. The van der Waals surface area contributed by atoms with E-state index in [1.54, 1.807) is 0 Å². The SMILES string of the molecule is Cc1nc(Nc2ccc(Br)c(C)c2)cc(NC2CC2)n1. The molecule has 1 aromatic carbocycles. The molecular weight excluding hydrogens is 316 g/mol. The van der Waals surface area contributed by atoms with Crippen molar-refractivity contribution in [2.24, 2.45) is 0 Å². The molecule has 5 heteroatoms. The Hall–Kier alpha value is -1.62. The predicted molar refractivity (Wildman–Crippen MR) is 85.6 cm³/mol. The zero-order chi connectivity index (χ0) is 14.1. The first-order valence-corrected chi connectivity index (χ1v) is 7.55. The number of hydrogen-bond donors (Lipinski definition) is 2. The zero-order valence-corrected chi connectivity index (χ0v) is 13.2. The first kappa shape index (κ1) is 13.4. The molecule has 0 bridgehead atoms. The van der Waals surface area contributed by atoms with E-state index in [4.69, 9.17) is 0 Å². The number of aryl methyl sites for hydroxylation is 2. The van der Waals surface area contributed by atoms with Gasteiger partial charge in [0, 0.05) is 22.3 Å². The Kier molecular flexibility index (Phi) is 3.61. The van der Waals surface area contributed by atoms with Gasteiger partial charge < -0.3 is 10.6 Å². The minimum absolute atomic E-state index is 0.590. The Bertz CT molecular complexity index is 638. The van der Waals surface area contributed by atoms with Crippen molar-refractivity contribution in [1.82, 2.24) is 9.97 Å². The molecule has 1 aliphatic rings. The molecule has 0 amide bonds. The minimum Gasteiger partial charge on any atom is -0.367 e. The second-order valence-electron chi connectivity index (χ2n) is 5.19. The lowest BCUT2D eigenvalue weighted by Gasteiger charge is -2.10. The Morgan fingerprint density at radius 2 is 1.85 bits per heavy atom. The molecular formula is C15H17BrN4. The van der Waals surface area contributed by atoms with Crippen LogP contribution in [0.2, 0.25) is 0 Å². The first-order chi connectivity index (χ1) is 9.60. The Balaban J connectivity index is 1.81. The molecule has 3 rings (SSSR count). The number of nitrogens with zero attached hydrogens (tertiary/aromatic N) is 2. The first-order valence-electron chi connectivity index (χ1n) is 6.75. The molecule has 1 fully saturated rings. The van der Waals surface area contributed by atoms with E-state index in [1.807, 2.05) is 25.1 Å². The molecule has 4 nitrogen and oxygen atoms in total. The standard InChI is InChI=1S/C15H17BrN4/c1-9-7-12(5-6-13(9)16)20-15-8-14(17-10(2)18-15)19-11-3-4-11/h5-8,11H,3-4H2,1-2H3,(H2,17,18,19,20). The maximum Gasteiger partial charge on any atom is 0.136 e. The largest absolute Gasteiger partial charge is 0.367 e. The van der Waals surface area contributed by atoms with Gasteiger partial charge in [0.2, 0.25) is 0 Å². The highest BCUT2D eigenvalue weighted by Crippen LogP contribution is 2.26. The van der Waals surface area contributed by atoms with Crippen molar-refractivity contribution in [1.29, 1.82) is 0 Å². The highest BCUT2D eigenvalue weighted by Gasteiger charge is 2.21. The third kappa shape index (κ3) is 3.28. The lowest BCUT2D eigenvalue weighted by Crippen LogP contribution is -2.06. The number of aromatic nitrogens is 2. The molecule has 1 aliphatic carbocycles. The fourth-order valence-corrected chi connectivity index (χ4v) is 2.26. The summed E-state index contributed by atoms with van der Waals surface area (Å²) >= 11 is 3.51. The molecule has 1 aromatic heterocycles. The van der Waals surface area contributed by atoms with Crippen LogP contribution in [-0.2, 0) is 0 Å². The number of rotatable bonds is 4. The van der Waals surface area contributed by atoms with Crippen LogP contribution in [0.15, 0.2) is 28.7 Å². The van der Waals surface area contributed by atoms with Gasteiger partial charge in [-0.1, -0.05) is 15.9 Å². The van der Waals surface area contributed by atoms with Crippen molar-refractivity contribution in [3.8, 4) is 0 Å². The van der Waals surface area contributed by atoms with Gasteiger partial charge in [0.25, 0.3) is 0 Å². The second-order valence-corrected chi connectivity index (χ2v) is 6.05. The highest BCUT2D eigenvalue weighted by molar-refractivity contribution is 9.10. The van der Waals surface area contributed by atoms with E-state index >= 15 is 0 Å². The van der Waals surface area contributed by atoms with E-state index in [0.29, 0.717) is 6.04 Å². The van der Waals surface area contributed by atoms with Gasteiger partial charge in [-0.05, 0) is 50.5 Å². The summed E-state index contributed by atoms with van der Waals surface area (Å²) in [4.78, 5) is 8.85. The molecule has 0 aliphatic heterocycles. The summed E-state index contributed by atoms with van der Waals surface area (Å²) in [5, 5.41) is 6.74. The number of hydrogen-bond acceptors (Lipinski definition) is 4. The summed E-state index contributed by atoms with van der Waals surface area (Å²) < 4.78 is 1.11. The van der Waals surface area contributed by atoms with Crippen LogP contribution in [0.25, 0.3) is 0 Å². The maximum absolute atomic E-state index is 4.43.